The molecular weight excluding hydrogens is 482 g/mol. The highest BCUT2D eigenvalue weighted by atomic mass is 35.5. The summed E-state index contributed by atoms with van der Waals surface area (Å²) in [6.45, 7) is -2.86. The predicted octanol–water partition coefficient (Wildman–Crippen LogP) is 5.25. The monoisotopic (exact) mass is 496 g/mol. The molecule has 0 radical (unpaired) electrons. The number of benzene rings is 2. The van der Waals surface area contributed by atoms with E-state index >= 15 is 0 Å². The van der Waals surface area contributed by atoms with Gasteiger partial charge in [-0.1, -0.05) is 28.5 Å². The predicted molar refractivity (Wildman–Crippen MR) is 113 cm³/mol. The van der Waals surface area contributed by atoms with E-state index in [4.69, 9.17) is 30.0 Å². The lowest BCUT2D eigenvalue weighted by Gasteiger charge is -2.10. The molecule has 4 aromatic rings. The first-order chi connectivity index (χ1) is 16.0. The van der Waals surface area contributed by atoms with Crippen molar-refractivity contribution >= 4 is 23.4 Å². The quantitative estimate of drug-likeness (QED) is 0.270. The van der Waals surface area contributed by atoms with Gasteiger partial charge >= 0.3 is 6.61 Å². The van der Waals surface area contributed by atoms with Crippen LogP contribution in [0.2, 0.25) is 5.02 Å². The molecule has 0 amide bonds. The van der Waals surface area contributed by atoms with Crippen LogP contribution in [0, 0.1) is 0 Å². The standard InChI is InChI=1S/C20H15ClF2N4O5S/c1-28-15-8-11(2-7-14(15)30-19(22)23)18-24-17(32-27-18)10-33-20-26-25-16(31-20)9-29-13-5-3-12(21)4-6-13/h2-8,19H,9-10H2,1H3. The zero-order valence-electron chi connectivity index (χ0n) is 16.9. The van der Waals surface area contributed by atoms with Gasteiger partial charge in [0.25, 0.3) is 11.1 Å². The molecule has 0 aliphatic heterocycles. The maximum Gasteiger partial charge on any atom is 0.387 e. The molecule has 0 bridgehead atoms. The van der Waals surface area contributed by atoms with Crippen LogP contribution in [0.4, 0.5) is 8.78 Å². The summed E-state index contributed by atoms with van der Waals surface area (Å²) in [5, 5.41) is 12.7. The summed E-state index contributed by atoms with van der Waals surface area (Å²) >= 11 is 7.04. The first-order valence-corrected chi connectivity index (χ1v) is 10.7. The Labute approximate surface area is 195 Å². The third-order valence-electron chi connectivity index (χ3n) is 4.05. The van der Waals surface area contributed by atoms with Gasteiger partial charge in [-0.3, -0.25) is 0 Å². The number of methoxy groups -OCH3 is 1. The van der Waals surface area contributed by atoms with Crippen LogP contribution < -0.4 is 14.2 Å². The molecular formula is C20H15ClF2N4O5S. The molecule has 2 heterocycles. The van der Waals surface area contributed by atoms with E-state index in [0.717, 1.165) is 0 Å². The molecule has 0 N–H and O–H groups in total. The van der Waals surface area contributed by atoms with E-state index in [1.165, 1.54) is 37.1 Å². The van der Waals surface area contributed by atoms with Gasteiger partial charge in [0.2, 0.25) is 11.7 Å². The number of halogens is 3. The van der Waals surface area contributed by atoms with E-state index in [1.54, 1.807) is 24.3 Å². The fourth-order valence-corrected chi connectivity index (χ4v) is 3.33. The van der Waals surface area contributed by atoms with Crippen molar-refractivity contribution in [2.45, 2.75) is 24.2 Å². The summed E-state index contributed by atoms with van der Waals surface area (Å²) in [4.78, 5) is 4.28. The molecule has 172 valence electrons. The molecule has 0 unspecified atom stereocenters. The van der Waals surface area contributed by atoms with Crippen molar-refractivity contribution in [2.75, 3.05) is 7.11 Å². The lowest BCUT2D eigenvalue weighted by molar-refractivity contribution is -0.0512. The van der Waals surface area contributed by atoms with Crippen molar-refractivity contribution < 1.29 is 31.9 Å². The number of ether oxygens (including phenoxy) is 3. The van der Waals surface area contributed by atoms with Crippen LogP contribution in [0.1, 0.15) is 11.8 Å². The number of alkyl halides is 2. The second-order valence-electron chi connectivity index (χ2n) is 6.25. The summed E-state index contributed by atoms with van der Waals surface area (Å²) in [5.74, 6) is 1.79. The van der Waals surface area contributed by atoms with Gasteiger partial charge in [0.05, 0.1) is 12.9 Å². The van der Waals surface area contributed by atoms with E-state index in [1.807, 2.05) is 0 Å². The fraction of sp³-hybridized carbons (Fsp3) is 0.200. The van der Waals surface area contributed by atoms with E-state index in [0.29, 0.717) is 33.3 Å². The highest BCUT2D eigenvalue weighted by molar-refractivity contribution is 7.98. The number of rotatable bonds is 10. The third kappa shape index (κ3) is 6.11. The lowest BCUT2D eigenvalue weighted by Crippen LogP contribution is -2.03. The minimum Gasteiger partial charge on any atom is -0.493 e. The maximum atomic E-state index is 12.5. The van der Waals surface area contributed by atoms with E-state index in [-0.39, 0.29) is 29.7 Å². The van der Waals surface area contributed by atoms with Crippen LogP contribution in [-0.4, -0.2) is 34.1 Å². The van der Waals surface area contributed by atoms with Gasteiger partial charge in [0.1, 0.15) is 5.75 Å². The van der Waals surface area contributed by atoms with Gasteiger partial charge in [-0.2, -0.15) is 13.8 Å². The van der Waals surface area contributed by atoms with Crippen molar-refractivity contribution in [3.63, 3.8) is 0 Å². The Hall–Kier alpha value is -3.38. The zero-order valence-corrected chi connectivity index (χ0v) is 18.5. The molecule has 0 saturated heterocycles. The number of nitrogens with zero attached hydrogens (tertiary/aromatic N) is 4. The van der Waals surface area contributed by atoms with Crippen molar-refractivity contribution in [3.8, 4) is 28.6 Å². The van der Waals surface area contributed by atoms with Gasteiger partial charge in [-0.05, 0) is 42.5 Å². The minimum absolute atomic E-state index is 0.0947. The first-order valence-electron chi connectivity index (χ1n) is 9.29. The second kappa shape index (κ2) is 10.5. The van der Waals surface area contributed by atoms with Gasteiger partial charge in [-0.15, -0.1) is 10.2 Å². The summed E-state index contributed by atoms with van der Waals surface area (Å²) in [7, 11) is 1.34. The van der Waals surface area contributed by atoms with Crippen LogP contribution in [0.25, 0.3) is 11.4 Å². The van der Waals surface area contributed by atoms with Crippen molar-refractivity contribution in [3.05, 3.63) is 59.3 Å². The molecule has 13 heteroatoms. The topological polar surface area (TPSA) is 106 Å². The maximum absolute atomic E-state index is 12.5. The number of thioether (sulfide) groups is 1. The Balaban J connectivity index is 1.33. The number of hydrogen-bond donors (Lipinski definition) is 0. The molecule has 4 rings (SSSR count). The van der Waals surface area contributed by atoms with Crippen molar-refractivity contribution in [1.82, 2.24) is 20.3 Å². The van der Waals surface area contributed by atoms with Crippen LogP contribution >= 0.6 is 23.4 Å². The SMILES string of the molecule is COc1cc(-c2noc(CSc3nnc(COc4ccc(Cl)cc4)o3)n2)ccc1OC(F)F. The van der Waals surface area contributed by atoms with Gasteiger partial charge < -0.3 is 23.2 Å². The highest BCUT2D eigenvalue weighted by Crippen LogP contribution is 2.33. The molecule has 2 aromatic carbocycles. The van der Waals surface area contributed by atoms with Crippen molar-refractivity contribution in [2.24, 2.45) is 0 Å². The third-order valence-corrected chi connectivity index (χ3v) is 5.10. The lowest BCUT2D eigenvalue weighted by atomic mass is 10.2. The van der Waals surface area contributed by atoms with Crippen LogP contribution in [0.3, 0.4) is 0 Å². The second-order valence-corrected chi connectivity index (χ2v) is 7.61. The Morgan fingerprint density at radius 1 is 1.06 bits per heavy atom. The van der Waals surface area contributed by atoms with Gasteiger partial charge in [0.15, 0.2) is 18.1 Å². The van der Waals surface area contributed by atoms with Gasteiger partial charge in [-0.25, -0.2) is 0 Å². The molecule has 0 atom stereocenters. The van der Waals surface area contributed by atoms with Crippen LogP contribution in [0.5, 0.6) is 17.2 Å². The van der Waals surface area contributed by atoms with Crippen LogP contribution in [-0.2, 0) is 12.4 Å². The molecule has 0 aliphatic rings. The van der Waals surface area contributed by atoms with E-state index < -0.39 is 6.61 Å². The Bertz CT molecular complexity index is 1210. The number of hydrogen-bond acceptors (Lipinski definition) is 10. The summed E-state index contributed by atoms with van der Waals surface area (Å²) in [6, 6.07) is 11.2. The molecule has 0 aliphatic carbocycles. The molecule has 0 spiro atoms. The largest absolute Gasteiger partial charge is 0.493 e. The minimum atomic E-state index is -2.97. The Kier molecular flexibility index (Phi) is 7.25. The molecule has 0 saturated carbocycles. The smallest absolute Gasteiger partial charge is 0.387 e. The average molecular weight is 497 g/mol. The van der Waals surface area contributed by atoms with Crippen LogP contribution in [0.15, 0.2) is 56.6 Å². The van der Waals surface area contributed by atoms with Gasteiger partial charge in [0, 0.05) is 10.6 Å². The summed E-state index contributed by atoms with van der Waals surface area (Å²) in [5.41, 5.74) is 0.507. The zero-order chi connectivity index (χ0) is 23.2. The summed E-state index contributed by atoms with van der Waals surface area (Å²) < 4.78 is 50.8. The first kappa shape index (κ1) is 22.8. The highest BCUT2D eigenvalue weighted by Gasteiger charge is 2.16. The summed E-state index contributed by atoms with van der Waals surface area (Å²) in [6.07, 6.45) is 0. The number of aromatic nitrogens is 4. The molecule has 0 fully saturated rings. The molecule has 33 heavy (non-hydrogen) atoms. The molecule has 9 nitrogen and oxygen atoms in total. The molecule has 2 aromatic heterocycles. The fourth-order valence-electron chi connectivity index (χ4n) is 2.58. The van der Waals surface area contributed by atoms with E-state index in [9.17, 15) is 8.78 Å². The average Bonchev–Trinajstić information content (AvgIpc) is 3.47. The Morgan fingerprint density at radius 2 is 1.88 bits per heavy atom. The van der Waals surface area contributed by atoms with Crippen molar-refractivity contribution in [1.29, 1.82) is 0 Å². The normalized spacial score (nSPS) is 11.1. The van der Waals surface area contributed by atoms with E-state index in [2.05, 4.69) is 25.1 Å². The Morgan fingerprint density at radius 3 is 2.64 bits per heavy atom.